The van der Waals surface area contributed by atoms with Crippen molar-refractivity contribution in [2.24, 2.45) is 5.41 Å². The second kappa shape index (κ2) is 4.29. The molecule has 1 unspecified atom stereocenters. The third kappa shape index (κ3) is 2.18. The number of rotatable bonds is 3. The molecule has 0 radical (unpaired) electrons. The van der Waals surface area contributed by atoms with Gasteiger partial charge in [0.15, 0.2) is 0 Å². The van der Waals surface area contributed by atoms with Crippen LogP contribution in [-0.2, 0) is 11.2 Å². The van der Waals surface area contributed by atoms with E-state index >= 15 is 0 Å². The summed E-state index contributed by atoms with van der Waals surface area (Å²) < 4.78 is 5.48. The van der Waals surface area contributed by atoms with Crippen molar-refractivity contribution < 1.29 is 4.74 Å². The Labute approximate surface area is 96.8 Å². The number of ether oxygens (including phenoxy) is 1. The van der Waals surface area contributed by atoms with E-state index in [1.54, 1.807) is 11.3 Å². The highest BCUT2D eigenvalue weighted by Gasteiger charge is 2.34. The summed E-state index contributed by atoms with van der Waals surface area (Å²) in [7, 11) is 0. The van der Waals surface area contributed by atoms with Crippen LogP contribution in [0.3, 0.4) is 0 Å². The summed E-state index contributed by atoms with van der Waals surface area (Å²) in [4.78, 5) is 4.51. The van der Waals surface area contributed by atoms with Gasteiger partial charge in [0, 0.05) is 34.8 Å². The minimum Gasteiger partial charge on any atom is -0.381 e. The molecule has 0 amide bonds. The third-order valence-electron chi connectivity index (χ3n) is 2.66. The van der Waals surface area contributed by atoms with Gasteiger partial charge in [0.2, 0.25) is 0 Å². The van der Waals surface area contributed by atoms with E-state index in [2.05, 4.69) is 26.3 Å². The topological polar surface area (TPSA) is 22.1 Å². The maximum Gasteiger partial charge on any atom is 0.0934 e. The van der Waals surface area contributed by atoms with Crippen molar-refractivity contribution in [1.29, 1.82) is 0 Å². The molecule has 2 heterocycles. The minimum absolute atomic E-state index is 0.296. The lowest BCUT2D eigenvalue weighted by atomic mass is 9.86. The Kier molecular flexibility index (Phi) is 3.24. The van der Waals surface area contributed by atoms with Gasteiger partial charge in [0.1, 0.15) is 0 Å². The maximum absolute atomic E-state index is 5.48. The lowest BCUT2D eigenvalue weighted by Crippen LogP contribution is -2.25. The van der Waals surface area contributed by atoms with Crippen LogP contribution < -0.4 is 0 Å². The van der Waals surface area contributed by atoms with Crippen LogP contribution in [0.4, 0.5) is 0 Å². The zero-order valence-electron chi connectivity index (χ0n) is 8.25. The van der Waals surface area contributed by atoms with E-state index in [-0.39, 0.29) is 0 Å². The normalized spacial score (nSPS) is 27.0. The summed E-state index contributed by atoms with van der Waals surface area (Å²) in [5.74, 6) is 0. The number of halogens is 1. The van der Waals surface area contributed by atoms with E-state index in [0.717, 1.165) is 37.1 Å². The Morgan fingerprint density at radius 2 is 2.57 bits per heavy atom. The molecule has 2 nitrogen and oxygen atoms in total. The van der Waals surface area contributed by atoms with Gasteiger partial charge in [-0.15, -0.1) is 11.3 Å². The molecule has 1 aromatic rings. The molecule has 1 atom stereocenters. The van der Waals surface area contributed by atoms with Gasteiger partial charge in [-0.05, 0) is 13.3 Å². The molecule has 1 fully saturated rings. The van der Waals surface area contributed by atoms with Crippen molar-refractivity contribution in [3.8, 4) is 0 Å². The Hall–Kier alpha value is 0.0700. The van der Waals surface area contributed by atoms with Crippen molar-refractivity contribution in [1.82, 2.24) is 4.98 Å². The number of hydrogen-bond acceptors (Lipinski definition) is 3. The van der Waals surface area contributed by atoms with Crippen molar-refractivity contribution in [3.63, 3.8) is 0 Å². The van der Waals surface area contributed by atoms with Gasteiger partial charge in [0.05, 0.1) is 11.6 Å². The highest BCUT2D eigenvalue weighted by molar-refractivity contribution is 9.09. The average molecular weight is 276 g/mol. The molecule has 1 aliphatic rings. The van der Waals surface area contributed by atoms with Gasteiger partial charge in [-0.3, -0.25) is 0 Å². The van der Waals surface area contributed by atoms with Gasteiger partial charge in [0.25, 0.3) is 0 Å². The van der Waals surface area contributed by atoms with Gasteiger partial charge in [-0.2, -0.15) is 0 Å². The number of alkyl halides is 1. The molecular weight excluding hydrogens is 262 g/mol. The maximum atomic E-state index is 5.48. The fourth-order valence-electron chi connectivity index (χ4n) is 1.75. The predicted octanol–water partition coefficient (Wildman–Crippen LogP) is 2.80. The quantitative estimate of drug-likeness (QED) is 0.792. The van der Waals surface area contributed by atoms with Gasteiger partial charge < -0.3 is 4.74 Å². The van der Waals surface area contributed by atoms with Crippen molar-refractivity contribution in [2.45, 2.75) is 19.8 Å². The molecule has 4 heteroatoms. The fraction of sp³-hybridized carbons (Fsp3) is 0.700. The lowest BCUT2D eigenvalue weighted by Gasteiger charge is -2.22. The highest BCUT2D eigenvalue weighted by atomic mass is 79.9. The van der Waals surface area contributed by atoms with E-state index in [1.165, 1.54) is 5.01 Å². The third-order valence-corrected chi connectivity index (χ3v) is 4.82. The summed E-state index contributed by atoms with van der Waals surface area (Å²) >= 11 is 5.36. The van der Waals surface area contributed by atoms with Crippen LogP contribution in [0.5, 0.6) is 0 Å². The van der Waals surface area contributed by atoms with Crippen LogP contribution in [0, 0.1) is 12.3 Å². The minimum atomic E-state index is 0.296. The predicted molar refractivity (Wildman–Crippen MR) is 62.2 cm³/mol. The van der Waals surface area contributed by atoms with Crippen LogP contribution in [0.1, 0.15) is 17.1 Å². The zero-order chi connectivity index (χ0) is 10.0. The number of thiazole rings is 1. The van der Waals surface area contributed by atoms with Crippen LogP contribution in [0.2, 0.25) is 0 Å². The van der Waals surface area contributed by atoms with Crippen molar-refractivity contribution in [2.75, 3.05) is 18.5 Å². The molecule has 0 N–H and O–H groups in total. The number of hydrogen-bond donors (Lipinski definition) is 0. The first-order valence-corrected chi connectivity index (χ1v) is 6.79. The molecule has 1 aliphatic heterocycles. The summed E-state index contributed by atoms with van der Waals surface area (Å²) in [5.41, 5.74) is 1.43. The Bertz CT molecular complexity index is 307. The van der Waals surface area contributed by atoms with E-state index in [0.29, 0.717) is 5.41 Å². The molecule has 1 saturated heterocycles. The first-order chi connectivity index (χ1) is 6.74. The second-order valence-electron chi connectivity index (χ2n) is 4.00. The van der Waals surface area contributed by atoms with Crippen LogP contribution in [0.15, 0.2) is 5.38 Å². The summed E-state index contributed by atoms with van der Waals surface area (Å²) in [6.45, 7) is 3.82. The average Bonchev–Trinajstić information content (AvgIpc) is 2.77. The van der Waals surface area contributed by atoms with Gasteiger partial charge in [-0.1, -0.05) is 15.9 Å². The van der Waals surface area contributed by atoms with E-state index in [1.807, 2.05) is 6.92 Å². The molecule has 0 saturated carbocycles. The van der Waals surface area contributed by atoms with E-state index in [4.69, 9.17) is 4.74 Å². The Morgan fingerprint density at radius 3 is 3.07 bits per heavy atom. The largest absolute Gasteiger partial charge is 0.381 e. The molecule has 1 aromatic heterocycles. The van der Waals surface area contributed by atoms with Crippen LogP contribution >= 0.6 is 27.3 Å². The van der Waals surface area contributed by atoms with E-state index in [9.17, 15) is 0 Å². The number of aryl methyl sites for hydroxylation is 1. The highest BCUT2D eigenvalue weighted by Crippen LogP contribution is 2.35. The Morgan fingerprint density at radius 1 is 1.71 bits per heavy atom. The summed E-state index contributed by atoms with van der Waals surface area (Å²) in [6.07, 6.45) is 2.20. The first-order valence-electron chi connectivity index (χ1n) is 4.79. The molecular formula is C10H14BrNOS. The Balaban J connectivity index is 2.08. The zero-order valence-corrected chi connectivity index (χ0v) is 10.7. The smallest absolute Gasteiger partial charge is 0.0934 e. The van der Waals surface area contributed by atoms with Crippen LogP contribution in [-0.4, -0.2) is 23.5 Å². The first kappa shape index (κ1) is 10.6. The summed E-state index contributed by atoms with van der Waals surface area (Å²) in [5, 5.41) is 4.37. The molecule has 14 heavy (non-hydrogen) atoms. The number of aromatic nitrogens is 1. The molecule has 0 spiro atoms. The van der Waals surface area contributed by atoms with Crippen LogP contribution in [0.25, 0.3) is 0 Å². The van der Waals surface area contributed by atoms with Gasteiger partial charge in [-0.25, -0.2) is 4.98 Å². The molecule has 78 valence electrons. The molecule has 2 rings (SSSR count). The molecule has 0 aliphatic carbocycles. The fourth-order valence-corrected chi connectivity index (χ4v) is 3.33. The summed E-state index contributed by atoms with van der Waals surface area (Å²) in [6, 6.07) is 0. The van der Waals surface area contributed by atoms with E-state index < -0.39 is 0 Å². The second-order valence-corrected chi connectivity index (χ2v) is 5.50. The standard InChI is InChI=1S/C10H14BrNOS/c1-8-5-14-9(12-8)4-10(6-11)2-3-13-7-10/h5H,2-4,6-7H2,1H3. The van der Waals surface area contributed by atoms with Crippen molar-refractivity contribution >= 4 is 27.3 Å². The SMILES string of the molecule is Cc1csc(CC2(CBr)CCOC2)n1. The molecule has 0 aromatic carbocycles. The monoisotopic (exact) mass is 275 g/mol. The number of nitrogens with zero attached hydrogens (tertiary/aromatic N) is 1. The van der Waals surface area contributed by atoms with Gasteiger partial charge >= 0.3 is 0 Å². The lowest BCUT2D eigenvalue weighted by molar-refractivity contribution is 0.162. The van der Waals surface area contributed by atoms with Crippen molar-refractivity contribution in [3.05, 3.63) is 16.1 Å². The molecule has 0 bridgehead atoms.